The zero-order valence-electron chi connectivity index (χ0n) is 22.1. The number of hydrogen-bond acceptors (Lipinski definition) is 3. The van der Waals surface area contributed by atoms with E-state index in [4.69, 9.17) is 0 Å². The zero-order chi connectivity index (χ0) is 25.7. The van der Waals surface area contributed by atoms with Gasteiger partial charge in [0.1, 0.15) is 17.5 Å². The highest BCUT2D eigenvalue weighted by Gasteiger charge is 2.13. The first-order chi connectivity index (χ1) is 16.0. The molecule has 35 heavy (non-hydrogen) atoms. The number of nitrogens with zero attached hydrogens (tertiary/aromatic N) is 3. The summed E-state index contributed by atoms with van der Waals surface area (Å²) < 4.78 is 25.2. The van der Waals surface area contributed by atoms with Crippen molar-refractivity contribution < 1.29 is 8.78 Å². The number of benzene rings is 1. The SMILES string of the molecule is C.CC1CCC(C)CC1.Cc1cc(F)c(C)c(F)c1.Cc1ccc(C)nc1.Cc1cnc(C)nc1. The summed E-state index contributed by atoms with van der Waals surface area (Å²) in [5.74, 6) is 1.92. The Bertz CT molecular complexity index is 843. The van der Waals surface area contributed by atoms with Crippen LogP contribution < -0.4 is 0 Å². The Balaban J connectivity index is 0.000000438. The molecule has 0 amide bonds. The predicted octanol–water partition coefficient (Wildman–Crippen LogP) is 8.84. The van der Waals surface area contributed by atoms with E-state index in [0.717, 1.165) is 28.9 Å². The van der Waals surface area contributed by atoms with Crippen LogP contribution in [0.25, 0.3) is 0 Å². The van der Waals surface area contributed by atoms with Gasteiger partial charge in [-0.05, 0) is 88.3 Å². The van der Waals surface area contributed by atoms with Gasteiger partial charge in [-0.1, -0.05) is 53.0 Å². The van der Waals surface area contributed by atoms with E-state index in [-0.39, 0.29) is 13.0 Å². The van der Waals surface area contributed by atoms with E-state index in [1.807, 2.05) is 52.4 Å². The maximum atomic E-state index is 12.6. The van der Waals surface area contributed by atoms with Crippen LogP contribution in [-0.4, -0.2) is 15.0 Å². The van der Waals surface area contributed by atoms with Crippen LogP contribution in [0.4, 0.5) is 8.78 Å². The van der Waals surface area contributed by atoms with Crippen molar-refractivity contribution in [3.05, 3.63) is 88.3 Å². The largest absolute Gasteiger partial charge is 0.261 e. The molecule has 2 aromatic heterocycles. The molecule has 1 aromatic carbocycles. The molecule has 1 aliphatic rings. The molecular weight excluding hydrogens is 440 g/mol. The van der Waals surface area contributed by atoms with E-state index in [9.17, 15) is 8.78 Å². The third-order valence-corrected chi connectivity index (χ3v) is 5.70. The fourth-order valence-corrected chi connectivity index (χ4v) is 3.20. The molecule has 0 atom stereocenters. The molecule has 3 aromatic rings. The lowest BCUT2D eigenvalue weighted by molar-refractivity contribution is 0.308. The number of halogens is 2. The quantitative estimate of drug-likeness (QED) is 0.319. The van der Waals surface area contributed by atoms with Crippen molar-refractivity contribution >= 4 is 0 Å². The van der Waals surface area contributed by atoms with Crippen LogP contribution in [0, 0.1) is 65.0 Å². The number of aryl methyl sites for hydroxylation is 5. The molecule has 5 heteroatoms. The number of rotatable bonds is 0. The monoisotopic (exact) mass is 485 g/mol. The third kappa shape index (κ3) is 14.3. The number of pyridine rings is 1. The van der Waals surface area contributed by atoms with Crippen molar-refractivity contribution in [3.8, 4) is 0 Å². The molecule has 1 aliphatic carbocycles. The standard InChI is InChI=1S/C8H8F2.C8H16.C7H9N.C6H8N2.CH4/c1-5-3-7(9)6(2)8(10)4-5;1-7-3-5-8(2)6-4-7;1-6-3-4-7(2)8-5-6;1-5-3-7-6(2)8-4-5;/h3-4H,1-2H3;7-8H,3-6H2,1-2H3;3-5H,1-2H3;3-4H,1-2H3;1H4. The van der Waals surface area contributed by atoms with Gasteiger partial charge >= 0.3 is 0 Å². The first kappa shape index (κ1) is 32.3. The smallest absolute Gasteiger partial charge is 0.129 e. The molecule has 1 fully saturated rings. The van der Waals surface area contributed by atoms with Gasteiger partial charge in [0.25, 0.3) is 0 Å². The Morgan fingerprint density at radius 2 is 1.06 bits per heavy atom. The van der Waals surface area contributed by atoms with Gasteiger partial charge < -0.3 is 0 Å². The second-order valence-electron chi connectivity index (χ2n) is 9.50. The van der Waals surface area contributed by atoms with Gasteiger partial charge in [-0.2, -0.15) is 0 Å². The Hall–Kier alpha value is -2.69. The Morgan fingerprint density at radius 3 is 1.40 bits per heavy atom. The third-order valence-electron chi connectivity index (χ3n) is 5.70. The van der Waals surface area contributed by atoms with Gasteiger partial charge in [0.15, 0.2) is 0 Å². The topological polar surface area (TPSA) is 38.7 Å². The zero-order valence-corrected chi connectivity index (χ0v) is 22.1. The van der Waals surface area contributed by atoms with E-state index >= 15 is 0 Å². The maximum Gasteiger partial charge on any atom is 0.129 e. The van der Waals surface area contributed by atoms with Gasteiger partial charge in [0, 0.05) is 29.8 Å². The van der Waals surface area contributed by atoms with E-state index in [0.29, 0.717) is 5.56 Å². The number of hydrogen-bond donors (Lipinski definition) is 0. The summed E-state index contributed by atoms with van der Waals surface area (Å²) in [6.45, 7) is 15.7. The molecule has 0 spiro atoms. The van der Waals surface area contributed by atoms with E-state index < -0.39 is 11.6 Å². The second kappa shape index (κ2) is 16.9. The predicted molar refractivity (Wildman–Crippen MR) is 145 cm³/mol. The average Bonchev–Trinajstić information content (AvgIpc) is 2.79. The Labute approximate surface area is 212 Å². The lowest BCUT2D eigenvalue weighted by Crippen LogP contribution is -2.08. The maximum absolute atomic E-state index is 12.6. The minimum atomic E-state index is -0.475. The van der Waals surface area contributed by atoms with Gasteiger partial charge in [0.05, 0.1) is 0 Å². The minimum Gasteiger partial charge on any atom is -0.261 e. The van der Waals surface area contributed by atoms with Crippen molar-refractivity contribution in [1.29, 1.82) is 0 Å². The summed E-state index contributed by atoms with van der Waals surface area (Å²) in [7, 11) is 0. The lowest BCUT2D eigenvalue weighted by atomic mass is 9.84. The summed E-state index contributed by atoms with van der Waals surface area (Å²) >= 11 is 0. The molecule has 4 rings (SSSR count). The molecule has 0 N–H and O–H groups in total. The van der Waals surface area contributed by atoms with Crippen molar-refractivity contribution in [2.75, 3.05) is 0 Å². The van der Waals surface area contributed by atoms with Crippen LogP contribution in [0.3, 0.4) is 0 Å². The summed E-state index contributed by atoms with van der Waals surface area (Å²) in [5.41, 5.74) is 4.10. The fourth-order valence-electron chi connectivity index (χ4n) is 3.20. The fraction of sp³-hybridized carbons (Fsp3) is 0.500. The van der Waals surface area contributed by atoms with Gasteiger partial charge in [-0.3, -0.25) is 4.98 Å². The van der Waals surface area contributed by atoms with Crippen molar-refractivity contribution in [3.63, 3.8) is 0 Å². The highest BCUT2D eigenvalue weighted by atomic mass is 19.1. The second-order valence-corrected chi connectivity index (χ2v) is 9.50. The normalized spacial score (nSPS) is 16.2. The molecule has 0 bridgehead atoms. The molecule has 3 nitrogen and oxygen atoms in total. The minimum absolute atomic E-state index is 0. The van der Waals surface area contributed by atoms with Crippen molar-refractivity contribution in [2.45, 2.75) is 88.5 Å². The van der Waals surface area contributed by atoms with Crippen LogP contribution in [0.1, 0.15) is 80.7 Å². The first-order valence-electron chi connectivity index (χ1n) is 12.0. The van der Waals surface area contributed by atoms with Crippen molar-refractivity contribution in [2.24, 2.45) is 11.8 Å². The molecule has 0 unspecified atom stereocenters. The van der Waals surface area contributed by atoms with E-state index in [1.165, 1.54) is 50.3 Å². The number of aromatic nitrogens is 3. The highest BCUT2D eigenvalue weighted by molar-refractivity contribution is 5.23. The lowest BCUT2D eigenvalue weighted by Gasteiger charge is -2.22. The average molecular weight is 486 g/mol. The Morgan fingerprint density at radius 1 is 0.629 bits per heavy atom. The highest BCUT2D eigenvalue weighted by Crippen LogP contribution is 2.27. The van der Waals surface area contributed by atoms with Gasteiger partial charge in [-0.15, -0.1) is 0 Å². The summed E-state index contributed by atoms with van der Waals surface area (Å²) in [6, 6.07) is 6.70. The van der Waals surface area contributed by atoms with Crippen LogP contribution in [-0.2, 0) is 0 Å². The molecule has 2 heterocycles. The molecule has 194 valence electrons. The van der Waals surface area contributed by atoms with Gasteiger partial charge in [-0.25, -0.2) is 18.7 Å². The van der Waals surface area contributed by atoms with E-state index in [2.05, 4.69) is 34.9 Å². The molecule has 0 radical (unpaired) electrons. The van der Waals surface area contributed by atoms with Crippen molar-refractivity contribution in [1.82, 2.24) is 15.0 Å². The van der Waals surface area contributed by atoms with Crippen LogP contribution >= 0.6 is 0 Å². The van der Waals surface area contributed by atoms with E-state index in [1.54, 1.807) is 6.92 Å². The molecule has 0 saturated heterocycles. The summed E-state index contributed by atoms with van der Waals surface area (Å²) in [4.78, 5) is 12.0. The van der Waals surface area contributed by atoms with Gasteiger partial charge in [0.2, 0.25) is 0 Å². The Kier molecular flexibility index (Phi) is 15.6. The summed E-state index contributed by atoms with van der Waals surface area (Å²) in [6.07, 6.45) is 11.4. The molecular formula is C30H45F2N3. The summed E-state index contributed by atoms with van der Waals surface area (Å²) in [5, 5.41) is 0. The van der Waals surface area contributed by atoms with Crippen LogP contribution in [0.5, 0.6) is 0 Å². The van der Waals surface area contributed by atoms with Crippen LogP contribution in [0.15, 0.2) is 42.9 Å². The molecule has 0 aliphatic heterocycles. The molecule has 1 saturated carbocycles. The van der Waals surface area contributed by atoms with Crippen LogP contribution in [0.2, 0.25) is 0 Å². The first-order valence-corrected chi connectivity index (χ1v) is 12.0.